The number of carbonyl (C=O) groups is 2. The first-order valence-electron chi connectivity index (χ1n) is 5.16. The Morgan fingerprint density at radius 2 is 2.06 bits per heavy atom. The lowest BCUT2D eigenvalue weighted by atomic mass is 10.1. The summed E-state index contributed by atoms with van der Waals surface area (Å²) in [5, 5.41) is 8.97. The molecule has 1 fully saturated rings. The molecule has 17 heavy (non-hydrogen) atoms. The number of rotatable bonds is 4. The molecule has 0 aromatic carbocycles. The third kappa shape index (κ3) is 2.04. The van der Waals surface area contributed by atoms with E-state index in [1.54, 1.807) is 20.8 Å². The summed E-state index contributed by atoms with van der Waals surface area (Å²) in [5.74, 6) is -4.16. The van der Waals surface area contributed by atoms with Crippen molar-refractivity contribution in [1.82, 2.24) is 0 Å². The van der Waals surface area contributed by atoms with Crippen LogP contribution in [0.15, 0.2) is 11.9 Å². The topological polar surface area (TPSA) is 63.6 Å². The van der Waals surface area contributed by atoms with E-state index in [1.807, 2.05) is 0 Å². The van der Waals surface area contributed by atoms with Gasteiger partial charge >= 0.3 is 11.9 Å². The monoisotopic (exact) mass is 264 g/mol. The largest absolute Gasteiger partial charge is 0.480 e. The molecule has 4 nitrogen and oxygen atoms in total. The number of halogens is 2. The van der Waals surface area contributed by atoms with Gasteiger partial charge in [0.15, 0.2) is 4.87 Å². The minimum atomic E-state index is -1.56. The highest BCUT2D eigenvalue weighted by molar-refractivity contribution is 6.37. The third-order valence-corrected chi connectivity index (χ3v) is 4.04. The van der Waals surface area contributed by atoms with Crippen molar-refractivity contribution in [2.45, 2.75) is 25.6 Å². The highest BCUT2D eigenvalue weighted by atomic mass is 35.5. The van der Waals surface area contributed by atoms with Crippen LogP contribution in [0.2, 0.25) is 0 Å². The van der Waals surface area contributed by atoms with Gasteiger partial charge in [-0.1, -0.05) is 13.8 Å². The van der Waals surface area contributed by atoms with E-state index in [4.69, 9.17) is 16.7 Å². The van der Waals surface area contributed by atoms with Crippen molar-refractivity contribution in [3.05, 3.63) is 11.9 Å². The van der Waals surface area contributed by atoms with Gasteiger partial charge in [0.2, 0.25) is 5.83 Å². The maximum Gasteiger partial charge on any atom is 0.366 e. The molecule has 0 radical (unpaired) electrons. The van der Waals surface area contributed by atoms with Crippen molar-refractivity contribution in [2.75, 3.05) is 6.61 Å². The van der Waals surface area contributed by atoms with E-state index < -0.39 is 34.0 Å². The Kier molecular flexibility index (Phi) is 3.52. The molecule has 1 saturated carbocycles. The van der Waals surface area contributed by atoms with Crippen molar-refractivity contribution < 1.29 is 23.8 Å². The van der Waals surface area contributed by atoms with Crippen molar-refractivity contribution in [3.8, 4) is 0 Å². The maximum absolute atomic E-state index is 13.4. The molecule has 0 spiro atoms. The molecule has 1 rings (SSSR count). The molecule has 6 heteroatoms. The SMILES string of the molecule is CCOC(=O)/C(F)=C/C1C(C)(C)C1(Cl)C(=O)O. The summed E-state index contributed by atoms with van der Waals surface area (Å²) < 4.78 is 17.8. The molecule has 1 aliphatic carbocycles. The Labute approximate surface area is 103 Å². The molecular weight excluding hydrogens is 251 g/mol. The van der Waals surface area contributed by atoms with Crippen LogP contribution < -0.4 is 0 Å². The van der Waals surface area contributed by atoms with E-state index in [2.05, 4.69) is 4.74 Å². The lowest BCUT2D eigenvalue weighted by molar-refractivity contribution is -0.140. The first kappa shape index (κ1) is 14.0. The van der Waals surface area contributed by atoms with Gasteiger partial charge in [-0.3, -0.25) is 4.79 Å². The van der Waals surface area contributed by atoms with Crippen LogP contribution in [0.4, 0.5) is 4.39 Å². The van der Waals surface area contributed by atoms with Gasteiger partial charge in [0.1, 0.15) is 0 Å². The molecule has 0 aromatic rings. The number of hydrogen-bond donors (Lipinski definition) is 1. The second-order valence-electron chi connectivity index (χ2n) is 4.45. The van der Waals surface area contributed by atoms with Crippen LogP contribution in [-0.2, 0) is 14.3 Å². The Hall–Kier alpha value is -1.10. The average Bonchev–Trinajstić information content (AvgIpc) is 2.65. The molecule has 1 N–H and O–H groups in total. The molecule has 0 heterocycles. The highest BCUT2D eigenvalue weighted by Gasteiger charge is 2.75. The number of carboxylic acid groups (broad SMARTS) is 1. The van der Waals surface area contributed by atoms with Crippen molar-refractivity contribution in [2.24, 2.45) is 11.3 Å². The standard InChI is InChI=1S/C11H14ClFO4/c1-4-17-8(14)6(13)5-7-10(2,3)11(7,12)9(15)16/h5,7H,4H2,1-3H3,(H,15,16)/b6-5-. The molecule has 0 aliphatic heterocycles. The highest BCUT2D eigenvalue weighted by Crippen LogP contribution is 2.67. The summed E-state index contributed by atoms with van der Waals surface area (Å²) in [6.45, 7) is 4.82. The van der Waals surface area contributed by atoms with Crippen LogP contribution in [0.3, 0.4) is 0 Å². The molecular formula is C11H14ClFO4. The van der Waals surface area contributed by atoms with Gasteiger partial charge in [-0.2, -0.15) is 4.39 Å². The summed E-state index contributed by atoms with van der Waals surface area (Å²) in [6.07, 6.45) is 0.930. The zero-order valence-electron chi connectivity index (χ0n) is 9.79. The van der Waals surface area contributed by atoms with E-state index in [0.717, 1.165) is 6.08 Å². The molecule has 2 atom stereocenters. The quantitative estimate of drug-likeness (QED) is 0.480. The Morgan fingerprint density at radius 1 is 1.53 bits per heavy atom. The van der Waals surface area contributed by atoms with Crippen LogP contribution >= 0.6 is 11.6 Å². The Bertz CT molecular complexity index is 391. The van der Waals surface area contributed by atoms with E-state index in [0.29, 0.717) is 0 Å². The number of hydrogen-bond acceptors (Lipinski definition) is 3. The van der Waals surface area contributed by atoms with Gasteiger partial charge in [-0.05, 0) is 13.0 Å². The zero-order valence-corrected chi connectivity index (χ0v) is 10.5. The van der Waals surface area contributed by atoms with Gasteiger partial charge in [-0.15, -0.1) is 11.6 Å². The summed E-state index contributed by atoms with van der Waals surface area (Å²) in [5.41, 5.74) is -0.801. The second kappa shape index (κ2) is 4.29. The predicted octanol–water partition coefficient (Wildman–Crippen LogP) is 2.12. The van der Waals surface area contributed by atoms with Gasteiger partial charge in [0.05, 0.1) is 6.61 Å². The van der Waals surface area contributed by atoms with Gasteiger partial charge in [0, 0.05) is 11.3 Å². The number of allylic oxidation sites excluding steroid dienone is 1. The van der Waals surface area contributed by atoms with Crippen LogP contribution in [0, 0.1) is 11.3 Å². The first-order chi connectivity index (χ1) is 7.69. The number of aliphatic carboxylic acids is 1. The van der Waals surface area contributed by atoms with Gasteiger partial charge < -0.3 is 9.84 Å². The first-order valence-corrected chi connectivity index (χ1v) is 5.54. The fourth-order valence-electron chi connectivity index (χ4n) is 1.90. The average molecular weight is 265 g/mol. The Morgan fingerprint density at radius 3 is 2.41 bits per heavy atom. The minimum absolute atomic E-state index is 0.0547. The number of carbonyl (C=O) groups excluding carboxylic acids is 1. The lowest BCUT2D eigenvalue weighted by Crippen LogP contribution is -2.21. The maximum atomic E-state index is 13.4. The minimum Gasteiger partial charge on any atom is -0.480 e. The summed E-state index contributed by atoms with van der Waals surface area (Å²) in [6, 6.07) is 0. The zero-order chi connectivity index (χ0) is 13.4. The second-order valence-corrected chi connectivity index (χ2v) is 5.05. The van der Waals surface area contributed by atoms with Crippen LogP contribution in [0.25, 0.3) is 0 Å². The van der Waals surface area contributed by atoms with Crippen LogP contribution in [0.1, 0.15) is 20.8 Å². The molecule has 96 valence electrons. The van der Waals surface area contributed by atoms with Crippen molar-refractivity contribution in [1.29, 1.82) is 0 Å². The van der Waals surface area contributed by atoms with E-state index in [-0.39, 0.29) is 6.61 Å². The number of alkyl halides is 1. The summed E-state index contributed by atoms with van der Waals surface area (Å²) >= 11 is 5.90. The number of esters is 1. The Balaban J connectivity index is 2.88. The van der Waals surface area contributed by atoms with Crippen molar-refractivity contribution >= 4 is 23.5 Å². The summed E-state index contributed by atoms with van der Waals surface area (Å²) in [7, 11) is 0. The molecule has 0 amide bonds. The van der Waals surface area contributed by atoms with E-state index in [9.17, 15) is 14.0 Å². The fraction of sp³-hybridized carbons (Fsp3) is 0.636. The predicted molar refractivity (Wildman–Crippen MR) is 59.3 cm³/mol. The number of carboxylic acids is 1. The van der Waals surface area contributed by atoms with Crippen LogP contribution in [-0.4, -0.2) is 28.5 Å². The third-order valence-electron chi connectivity index (χ3n) is 3.16. The molecule has 2 unspecified atom stereocenters. The van der Waals surface area contributed by atoms with Crippen LogP contribution in [0.5, 0.6) is 0 Å². The fourth-order valence-corrected chi connectivity index (χ4v) is 2.29. The van der Waals surface area contributed by atoms with Gasteiger partial charge in [0.25, 0.3) is 0 Å². The van der Waals surface area contributed by atoms with Gasteiger partial charge in [-0.25, -0.2) is 4.79 Å². The lowest BCUT2D eigenvalue weighted by Gasteiger charge is -2.03. The molecule has 0 saturated heterocycles. The van der Waals surface area contributed by atoms with E-state index in [1.165, 1.54) is 0 Å². The number of ether oxygens (including phenoxy) is 1. The smallest absolute Gasteiger partial charge is 0.366 e. The normalized spacial score (nSPS) is 30.9. The molecule has 1 aliphatic rings. The van der Waals surface area contributed by atoms with Crippen molar-refractivity contribution in [3.63, 3.8) is 0 Å². The molecule has 0 bridgehead atoms. The van der Waals surface area contributed by atoms with E-state index >= 15 is 0 Å². The molecule has 0 aromatic heterocycles. The summed E-state index contributed by atoms with van der Waals surface area (Å²) in [4.78, 5) is 20.5.